The topological polar surface area (TPSA) is 62.4 Å². The van der Waals surface area contributed by atoms with Crippen LogP contribution >= 0.6 is 27.3 Å². The fourth-order valence-corrected chi connectivity index (χ4v) is 3.52. The lowest BCUT2D eigenvalue weighted by atomic mass is 10.1. The van der Waals surface area contributed by atoms with Gasteiger partial charge in [-0.25, -0.2) is 0 Å². The van der Waals surface area contributed by atoms with Crippen molar-refractivity contribution >= 4 is 27.3 Å². The Labute approximate surface area is 123 Å². The number of likely N-dealkylation sites (tertiary alicyclic amines) is 1. The number of aromatic nitrogens is 2. The molecule has 0 radical (unpaired) electrons. The van der Waals surface area contributed by atoms with Gasteiger partial charge in [0.05, 0.1) is 21.3 Å². The summed E-state index contributed by atoms with van der Waals surface area (Å²) in [6, 6.07) is 3.92. The molecule has 1 aliphatic heterocycles. The first-order valence-electron chi connectivity index (χ1n) is 6.19. The number of β-amino-alcohol motifs (C(OH)–C–C–N with tert-alkyl or cyclic N) is 1. The van der Waals surface area contributed by atoms with Crippen molar-refractivity contribution in [2.75, 3.05) is 13.1 Å². The Balaban J connectivity index is 1.68. The number of rotatable bonds is 3. The first-order chi connectivity index (χ1) is 9.20. The quantitative estimate of drug-likeness (QED) is 0.927. The predicted molar refractivity (Wildman–Crippen MR) is 75.8 cm³/mol. The maximum absolute atomic E-state index is 9.63. The summed E-state index contributed by atoms with van der Waals surface area (Å²) < 4.78 is 6.71. The molecule has 7 heteroatoms. The van der Waals surface area contributed by atoms with Gasteiger partial charge in [0.1, 0.15) is 0 Å². The average Bonchev–Trinajstić information content (AvgIpc) is 2.98. The van der Waals surface area contributed by atoms with Crippen LogP contribution in [0, 0.1) is 0 Å². The smallest absolute Gasteiger partial charge is 0.257 e. The highest BCUT2D eigenvalue weighted by atomic mass is 79.9. The molecule has 0 aliphatic carbocycles. The van der Waals surface area contributed by atoms with Crippen LogP contribution in [-0.4, -0.2) is 39.4 Å². The third-order valence-electron chi connectivity index (χ3n) is 3.09. The summed E-state index contributed by atoms with van der Waals surface area (Å²) in [5.41, 5.74) is 0. The van der Waals surface area contributed by atoms with Crippen molar-refractivity contribution in [1.82, 2.24) is 15.1 Å². The number of nitrogens with zero attached hydrogens (tertiary/aromatic N) is 3. The van der Waals surface area contributed by atoms with Gasteiger partial charge in [-0.15, -0.1) is 21.5 Å². The van der Waals surface area contributed by atoms with Crippen LogP contribution in [0.2, 0.25) is 0 Å². The Morgan fingerprint density at radius 2 is 2.37 bits per heavy atom. The second-order valence-corrected chi connectivity index (χ2v) is 7.10. The molecule has 5 nitrogen and oxygen atoms in total. The molecule has 102 valence electrons. The molecule has 0 spiro atoms. The van der Waals surface area contributed by atoms with E-state index in [0.29, 0.717) is 24.9 Å². The second-order valence-electron chi connectivity index (χ2n) is 4.64. The molecule has 1 fully saturated rings. The van der Waals surface area contributed by atoms with Gasteiger partial charge in [-0.2, -0.15) is 0 Å². The Hall–Kier alpha value is -0.760. The summed E-state index contributed by atoms with van der Waals surface area (Å²) in [7, 11) is 0. The molecular formula is C12H14BrN3O2S. The molecule has 3 rings (SSSR count). The Kier molecular flexibility index (Phi) is 3.97. The highest BCUT2D eigenvalue weighted by Crippen LogP contribution is 2.30. The molecule has 0 aromatic carbocycles. The highest BCUT2D eigenvalue weighted by Gasteiger charge is 2.20. The molecule has 1 unspecified atom stereocenters. The Morgan fingerprint density at radius 1 is 1.47 bits per heavy atom. The fourth-order valence-electron chi connectivity index (χ4n) is 2.21. The number of piperidine rings is 1. The number of aliphatic hydroxyl groups is 1. The minimum absolute atomic E-state index is 0.232. The molecule has 0 amide bonds. The van der Waals surface area contributed by atoms with Gasteiger partial charge in [0, 0.05) is 6.54 Å². The standard InChI is InChI=1S/C12H14BrN3O2S/c13-10-4-3-9(19-10)12-15-14-11(18-12)7-16-5-1-2-8(17)6-16/h3-4,8,17H,1-2,5-7H2. The molecule has 1 atom stereocenters. The van der Waals surface area contributed by atoms with Crippen LogP contribution in [0.15, 0.2) is 20.3 Å². The molecule has 1 aliphatic rings. The van der Waals surface area contributed by atoms with E-state index < -0.39 is 0 Å². The van der Waals surface area contributed by atoms with E-state index in [1.807, 2.05) is 12.1 Å². The maximum atomic E-state index is 9.63. The third kappa shape index (κ3) is 3.22. The zero-order valence-electron chi connectivity index (χ0n) is 10.3. The fraction of sp³-hybridized carbons (Fsp3) is 0.500. The lowest BCUT2D eigenvalue weighted by molar-refractivity contribution is 0.0625. The van der Waals surface area contributed by atoms with Gasteiger partial charge in [0.2, 0.25) is 5.89 Å². The molecule has 0 saturated carbocycles. The van der Waals surface area contributed by atoms with Crippen molar-refractivity contribution in [3.63, 3.8) is 0 Å². The van der Waals surface area contributed by atoms with E-state index in [2.05, 4.69) is 31.0 Å². The largest absolute Gasteiger partial charge is 0.419 e. The van der Waals surface area contributed by atoms with Crippen LogP contribution in [0.5, 0.6) is 0 Å². The molecule has 1 N–H and O–H groups in total. The van der Waals surface area contributed by atoms with E-state index in [1.54, 1.807) is 11.3 Å². The molecule has 2 aromatic rings. The average molecular weight is 344 g/mol. The van der Waals surface area contributed by atoms with Crippen molar-refractivity contribution in [3.05, 3.63) is 21.8 Å². The second kappa shape index (κ2) is 5.70. The molecule has 19 heavy (non-hydrogen) atoms. The van der Waals surface area contributed by atoms with E-state index in [4.69, 9.17) is 4.42 Å². The van der Waals surface area contributed by atoms with Gasteiger partial charge in [0.15, 0.2) is 0 Å². The number of aliphatic hydroxyl groups excluding tert-OH is 1. The molecule has 3 heterocycles. The lowest BCUT2D eigenvalue weighted by Crippen LogP contribution is -2.37. The minimum Gasteiger partial charge on any atom is -0.419 e. The number of hydrogen-bond acceptors (Lipinski definition) is 6. The highest BCUT2D eigenvalue weighted by molar-refractivity contribution is 9.11. The normalized spacial score (nSPS) is 20.8. The van der Waals surface area contributed by atoms with Crippen LogP contribution in [0.1, 0.15) is 18.7 Å². The third-order valence-corrected chi connectivity index (χ3v) is 4.70. The van der Waals surface area contributed by atoms with Crippen LogP contribution in [-0.2, 0) is 6.54 Å². The summed E-state index contributed by atoms with van der Waals surface area (Å²) in [5.74, 6) is 1.16. The Bertz CT molecular complexity index is 557. The Morgan fingerprint density at radius 3 is 3.11 bits per heavy atom. The van der Waals surface area contributed by atoms with Crippen molar-refractivity contribution in [2.24, 2.45) is 0 Å². The van der Waals surface area contributed by atoms with E-state index in [-0.39, 0.29) is 6.10 Å². The zero-order valence-corrected chi connectivity index (χ0v) is 12.7. The van der Waals surface area contributed by atoms with Gasteiger partial charge in [0.25, 0.3) is 5.89 Å². The van der Waals surface area contributed by atoms with Gasteiger partial charge in [-0.1, -0.05) is 0 Å². The van der Waals surface area contributed by atoms with E-state index in [1.165, 1.54) is 0 Å². The van der Waals surface area contributed by atoms with Gasteiger partial charge >= 0.3 is 0 Å². The summed E-state index contributed by atoms with van der Waals surface area (Å²) in [4.78, 5) is 3.11. The number of halogens is 1. The van der Waals surface area contributed by atoms with Crippen LogP contribution in [0.25, 0.3) is 10.8 Å². The van der Waals surface area contributed by atoms with E-state index in [9.17, 15) is 5.11 Å². The van der Waals surface area contributed by atoms with Gasteiger partial charge in [-0.05, 0) is 47.4 Å². The van der Waals surface area contributed by atoms with Crippen molar-refractivity contribution in [3.8, 4) is 10.8 Å². The maximum Gasteiger partial charge on any atom is 0.257 e. The SMILES string of the molecule is OC1CCCN(Cc2nnc(-c3ccc(Br)s3)o2)C1. The molecular weight excluding hydrogens is 330 g/mol. The molecule has 2 aromatic heterocycles. The van der Waals surface area contributed by atoms with Gasteiger partial charge < -0.3 is 9.52 Å². The van der Waals surface area contributed by atoms with E-state index in [0.717, 1.165) is 28.0 Å². The monoisotopic (exact) mass is 343 g/mol. The summed E-state index contributed by atoms with van der Waals surface area (Å²) in [5, 5.41) is 17.8. The summed E-state index contributed by atoms with van der Waals surface area (Å²) in [6.45, 7) is 2.26. The van der Waals surface area contributed by atoms with E-state index >= 15 is 0 Å². The summed E-state index contributed by atoms with van der Waals surface area (Å²) >= 11 is 4.98. The van der Waals surface area contributed by atoms with Crippen molar-refractivity contribution < 1.29 is 9.52 Å². The zero-order chi connectivity index (χ0) is 13.2. The summed E-state index contributed by atoms with van der Waals surface area (Å²) in [6.07, 6.45) is 1.67. The van der Waals surface area contributed by atoms with Crippen LogP contribution in [0.4, 0.5) is 0 Å². The molecule has 0 bridgehead atoms. The van der Waals surface area contributed by atoms with Crippen molar-refractivity contribution in [2.45, 2.75) is 25.5 Å². The van der Waals surface area contributed by atoms with Crippen LogP contribution < -0.4 is 0 Å². The number of thiophene rings is 1. The van der Waals surface area contributed by atoms with Crippen molar-refractivity contribution in [1.29, 1.82) is 0 Å². The first-order valence-corrected chi connectivity index (χ1v) is 7.80. The lowest BCUT2D eigenvalue weighted by Gasteiger charge is -2.28. The first kappa shape index (κ1) is 13.2. The molecule has 1 saturated heterocycles. The number of hydrogen-bond donors (Lipinski definition) is 1. The van der Waals surface area contributed by atoms with Gasteiger partial charge in [-0.3, -0.25) is 4.90 Å². The van der Waals surface area contributed by atoms with Crippen LogP contribution in [0.3, 0.4) is 0 Å². The minimum atomic E-state index is -0.232. The predicted octanol–water partition coefficient (Wildman–Crippen LogP) is 2.52.